The number of rotatable bonds is 0. The molecular weight excluding hydrogens is 584 g/mol. The fraction of sp³-hybridized carbons (Fsp3) is 0.154. The fourth-order valence-corrected chi connectivity index (χ4v) is 4.75. The van der Waals surface area contributed by atoms with Crippen LogP contribution in [0.25, 0.3) is 22.1 Å². The first-order valence-corrected chi connectivity index (χ1v) is 11.4. The summed E-state index contributed by atoms with van der Waals surface area (Å²) >= 11 is 0. The van der Waals surface area contributed by atoms with Gasteiger partial charge in [-0.3, -0.25) is 0 Å². The van der Waals surface area contributed by atoms with Crippen LogP contribution in [0, 0.1) is 0 Å². The van der Waals surface area contributed by atoms with E-state index in [2.05, 4.69) is 60.7 Å². The van der Waals surface area contributed by atoms with Crippen LogP contribution in [0.1, 0.15) is 22.8 Å². The first kappa shape index (κ1) is 24.2. The Morgan fingerprint density at radius 2 is 0.917 bits per heavy atom. The zero-order chi connectivity index (χ0) is 22.5. The van der Waals surface area contributed by atoms with Gasteiger partial charge in [0.1, 0.15) is 0 Å². The van der Waals surface area contributed by atoms with Gasteiger partial charge in [-0.25, -0.2) is 9.97 Å². The molecule has 10 heteroatoms. The number of hydrogen-bond donors (Lipinski definition) is 0. The van der Waals surface area contributed by atoms with Gasteiger partial charge in [-0.1, -0.05) is 36.4 Å². The van der Waals surface area contributed by atoms with Crippen LogP contribution in [0.15, 0.2) is 84.9 Å². The Labute approximate surface area is 228 Å². The number of aromatic nitrogens is 8. The molecule has 8 nitrogen and oxygen atoms in total. The molecule has 0 fully saturated rings. The van der Waals surface area contributed by atoms with Gasteiger partial charge in [-0.2, -0.15) is 0 Å². The molecule has 4 aromatic heterocycles. The molecule has 8 bridgehead atoms. The highest BCUT2D eigenvalue weighted by molar-refractivity contribution is 5.71. The van der Waals surface area contributed by atoms with Crippen LogP contribution in [0.2, 0.25) is 0 Å². The molecule has 0 aliphatic carbocycles. The summed E-state index contributed by atoms with van der Waals surface area (Å²) in [7, 11) is 0. The minimum Gasteiger partial charge on any atom is -1.00 e. The topological polar surface area (TPSA) is 69.2 Å². The average Bonchev–Trinajstić information content (AvgIpc) is 3.37. The fourth-order valence-electron chi connectivity index (χ4n) is 4.75. The molecular formula is C26H22Br2N8. The Bertz CT molecular complexity index is 1450. The molecule has 6 aromatic rings. The minimum atomic E-state index is 0. The van der Waals surface area contributed by atoms with Crippen molar-refractivity contribution in [2.75, 3.05) is 0 Å². The number of para-hydroxylation sites is 4. The number of benzene rings is 2. The summed E-state index contributed by atoms with van der Waals surface area (Å²) < 4.78 is 8.09. The molecule has 36 heavy (non-hydrogen) atoms. The molecule has 0 amide bonds. The molecule has 0 saturated carbocycles. The van der Waals surface area contributed by atoms with E-state index in [9.17, 15) is 0 Å². The summed E-state index contributed by atoms with van der Waals surface area (Å²) in [6, 6.07) is 29.0. The predicted molar refractivity (Wildman–Crippen MR) is 125 cm³/mol. The summed E-state index contributed by atoms with van der Waals surface area (Å²) in [5.41, 5.74) is 8.18. The zero-order valence-electron chi connectivity index (χ0n) is 19.2. The summed E-state index contributed by atoms with van der Waals surface area (Å²) in [5, 5.41) is 9.83. The first-order valence-electron chi connectivity index (χ1n) is 11.4. The second kappa shape index (κ2) is 9.87. The standard InChI is InChI=1S/C26H22N8.2BrH/c1-2-12-24-23(11-1)31-15-19-7-5-9-21(27-19)17-33-25-13-3-4-14-26(25)34(30-33)18-22-10-6-8-20(28-22)16-32(24)29-31;;/h1-14H,15-18H2;2*1H/q+2;;/p-2. The molecule has 5 heterocycles. The Kier molecular flexibility index (Phi) is 6.63. The van der Waals surface area contributed by atoms with E-state index in [0.717, 1.165) is 44.8 Å². The van der Waals surface area contributed by atoms with E-state index >= 15 is 0 Å². The van der Waals surface area contributed by atoms with Gasteiger partial charge in [0.2, 0.25) is 0 Å². The van der Waals surface area contributed by atoms with Gasteiger partial charge in [-0.15, -0.1) is 18.7 Å². The largest absolute Gasteiger partial charge is 1.00 e. The van der Waals surface area contributed by atoms with E-state index in [1.165, 1.54) is 0 Å². The second-order valence-electron chi connectivity index (χ2n) is 8.63. The normalized spacial score (nSPS) is 12.7. The van der Waals surface area contributed by atoms with Gasteiger partial charge in [0, 0.05) is 0 Å². The molecule has 1 aliphatic heterocycles. The van der Waals surface area contributed by atoms with Crippen molar-refractivity contribution in [1.82, 2.24) is 29.8 Å². The van der Waals surface area contributed by atoms with Crippen molar-refractivity contribution < 1.29 is 43.3 Å². The van der Waals surface area contributed by atoms with Gasteiger partial charge in [0.25, 0.3) is 0 Å². The van der Waals surface area contributed by atoms with Crippen LogP contribution < -0.4 is 43.3 Å². The Morgan fingerprint density at radius 1 is 0.500 bits per heavy atom. The molecule has 7 rings (SSSR count). The molecule has 0 atom stereocenters. The third kappa shape index (κ3) is 4.31. The summed E-state index contributed by atoms with van der Waals surface area (Å²) in [6.45, 7) is 2.37. The smallest absolute Gasteiger partial charge is 0.198 e. The lowest BCUT2D eigenvalue weighted by Gasteiger charge is -2.02. The van der Waals surface area contributed by atoms with E-state index < -0.39 is 0 Å². The number of pyridine rings is 2. The lowest BCUT2D eigenvalue weighted by Crippen LogP contribution is -3.00. The van der Waals surface area contributed by atoms with E-state index in [1.807, 2.05) is 43.0 Å². The zero-order valence-corrected chi connectivity index (χ0v) is 22.4. The maximum Gasteiger partial charge on any atom is 0.198 e. The SMILES string of the molecule is [Br-].[Br-].c1cc2nc(c1)Cn1n[n+](c3ccccc31)Cc1cccc(n1)C[n+]1nn(c3ccccc31)C2. The van der Waals surface area contributed by atoms with Crippen molar-refractivity contribution in [1.29, 1.82) is 0 Å². The van der Waals surface area contributed by atoms with E-state index in [1.54, 1.807) is 0 Å². The van der Waals surface area contributed by atoms with Crippen LogP contribution in [0.4, 0.5) is 0 Å². The highest BCUT2D eigenvalue weighted by Crippen LogP contribution is 2.15. The minimum absolute atomic E-state index is 0. The van der Waals surface area contributed by atoms with E-state index in [4.69, 9.17) is 20.4 Å². The Morgan fingerprint density at radius 3 is 1.42 bits per heavy atom. The molecule has 0 unspecified atom stereocenters. The van der Waals surface area contributed by atoms with E-state index in [-0.39, 0.29) is 34.0 Å². The number of hydrogen-bond acceptors (Lipinski definition) is 4. The Balaban J connectivity index is 0.00000133. The molecule has 180 valence electrons. The quantitative estimate of drug-likeness (QED) is 0.167. The van der Waals surface area contributed by atoms with Crippen molar-refractivity contribution in [3.63, 3.8) is 0 Å². The van der Waals surface area contributed by atoms with E-state index in [0.29, 0.717) is 26.2 Å². The number of nitrogens with zero attached hydrogens (tertiary/aromatic N) is 8. The summed E-state index contributed by atoms with van der Waals surface area (Å²) in [6.07, 6.45) is 0. The number of fused-ring (bicyclic) bond motifs is 14. The Hall–Kier alpha value is -3.50. The summed E-state index contributed by atoms with van der Waals surface area (Å²) in [4.78, 5) is 9.90. The average molecular weight is 606 g/mol. The third-order valence-electron chi connectivity index (χ3n) is 6.28. The highest BCUT2D eigenvalue weighted by Gasteiger charge is 2.22. The second-order valence-corrected chi connectivity index (χ2v) is 8.63. The first-order chi connectivity index (χ1) is 16.8. The van der Waals surface area contributed by atoms with Crippen LogP contribution in [-0.4, -0.2) is 29.8 Å². The van der Waals surface area contributed by atoms with Gasteiger partial charge >= 0.3 is 0 Å². The van der Waals surface area contributed by atoms with Crippen molar-refractivity contribution in [3.8, 4) is 0 Å². The third-order valence-corrected chi connectivity index (χ3v) is 6.28. The predicted octanol–water partition coefficient (Wildman–Crippen LogP) is -3.73. The highest BCUT2D eigenvalue weighted by atomic mass is 79.9. The molecule has 0 saturated heterocycles. The van der Waals surface area contributed by atoms with Crippen LogP contribution >= 0.6 is 0 Å². The van der Waals surface area contributed by atoms with Gasteiger partial charge in [0.15, 0.2) is 48.2 Å². The molecule has 2 aromatic carbocycles. The van der Waals surface area contributed by atoms with Crippen LogP contribution in [0.3, 0.4) is 0 Å². The lowest BCUT2D eigenvalue weighted by molar-refractivity contribution is -0.726. The van der Waals surface area contributed by atoms with Gasteiger partial charge < -0.3 is 34.0 Å². The molecule has 1 aliphatic rings. The van der Waals surface area contributed by atoms with Crippen LogP contribution in [-0.2, 0) is 26.2 Å². The lowest BCUT2D eigenvalue weighted by atomic mass is 10.2. The van der Waals surface area contributed by atoms with Crippen LogP contribution in [0.5, 0.6) is 0 Å². The van der Waals surface area contributed by atoms with Crippen molar-refractivity contribution in [2.45, 2.75) is 26.2 Å². The monoisotopic (exact) mass is 604 g/mol. The molecule has 0 radical (unpaired) electrons. The maximum absolute atomic E-state index is 4.95. The maximum atomic E-state index is 4.95. The molecule has 0 N–H and O–H groups in total. The van der Waals surface area contributed by atoms with Gasteiger partial charge in [0.05, 0.1) is 33.2 Å². The summed E-state index contributed by atoms with van der Waals surface area (Å²) in [5.74, 6) is 0. The van der Waals surface area contributed by atoms with Gasteiger partial charge in [-0.05, 0) is 48.5 Å². The van der Waals surface area contributed by atoms with Crippen molar-refractivity contribution >= 4 is 22.1 Å². The number of halogens is 2. The van der Waals surface area contributed by atoms with Crippen molar-refractivity contribution in [2.24, 2.45) is 0 Å². The molecule has 0 spiro atoms. The van der Waals surface area contributed by atoms with Crippen molar-refractivity contribution in [3.05, 3.63) is 108 Å².